The maximum Gasteiger partial charge on any atom is 0.264 e. The maximum absolute atomic E-state index is 14.5. The number of halogens is 1. The highest BCUT2D eigenvalue weighted by Crippen LogP contribution is 2.27. The molecule has 0 aliphatic rings. The van der Waals surface area contributed by atoms with Gasteiger partial charge in [0.2, 0.25) is 11.8 Å². The van der Waals surface area contributed by atoms with E-state index < -0.39 is 28.5 Å². The third-order valence-electron chi connectivity index (χ3n) is 7.17. The van der Waals surface area contributed by atoms with Crippen LogP contribution in [0.4, 0.5) is 5.69 Å². The molecule has 0 aliphatic carbocycles. The van der Waals surface area contributed by atoms with E-state index in [1.807, 2.05) is 68.4 Å². The predicted octanol–water partition coefficient (Wildman–Crippen LogP) is 6.07. The second-order valence-electron chi connectivity index (χ2n) is 11.0. The van der Waals surface area contributed by atoms with Crippen LogP contribution in [0.1, 0.15) is 25.0 Å². The summed E-state index contributed by atoms with van der Waals surface area (Å²) in [5, 5.41) is 3.00. The summed E-state index contributed by atoms with van der Waals surface area (Å²) in [6, 6.07) is 30.5. The van der Waals surface area contributed by atoms with E-state index in [1.54, 1.807) is 42.5 Å². The molecule has 1 unspecified atom stereocenters. The smallest absolute Gasteiger partial charge is 0.264 e. The van der Waals surface area contributed by atoms with E-state index in [4.69, 9.17) is 4.74 Å². The Morgan fingerprint density at radius 1 is 0.844 bits per heavy atom. The van der Waals surface area contributed by atoms with Crippen LogP contribution >= 0.6 is 15.9 Å². The Hall–Kier alpha value is -4.15. The summed E-state index contributed by atoms with van der Waals surface area (Å²) in [6.07, 6.45) is 0.248. The first-order chi connectivity index (χ1) is 21.6. The SMILES string of the molecule is COc1ccc(N(CC(=O)N(Cc2cccc(Br)c2)C(Cc2ccccc2)C(=O)NCC(C)C)S(=O)(=O)c2ccccc2)cc1. The second-order valence-corrected chi connectivity index (χ2v) is 13.8. The Morgan fingerprint density at radius 3 is 2.07 bits per heavy atom. The minimum atomic E-state index is -4.17. The summed E-state index contributed by atoms with van der Waals surface area (Å²) < 4.78 is 35.3. The summed E-state index contributed by atoms with van der Waals surface area (Å²) in [5.74, 6) is -0.0889. The number of amides is 2. The van der Waals surface area contributed by atoms with Crippen LogP contribution in [0.25, 0.3) is 0 Å². The normalized spacial score (nSPS) is 11.9. The molecule has 45 heavy (non-hydrogen) atoms. The molecule has 2 amide bonds. The van der Waals surface area contributed by atoms with Crippen LogP contribution in [-0.2, 0) is 32.6 Å². The number of hydrogen-bond acceptors (Lipinski definition) is 5. The number of anilines is 1. The van der Waals surface area contributed by atoms with Gasteiger partial charge in [0, 0.05) is 24.0 Å². The molecule has 4 aromatic carbocycles. The highest BCUT2D eigenvalue weighted by atomic mass is 79.9. The van der Waals surface area contributed by atoms with Gasteiger partial charge in [0.15, 0.2) is 0 Å². The van der Waals surface area contributed by atoms with Gasteiger partial charge in [0.05, 0.1) is 17.7 Å². The highest BCUT2D eigenvalue weighted by molar-refractivity contribution is 9.10. The average Bonchev–Trinajstić information content (AvgIpc) is 3.05. The van der Waals surface area contributed by atoms with E-state index in [-0.39, 0.29) is 29.7 Å². The number of ether oxygens (including phenoxy) is 1. The fourth-order valence-corrected chi connectivity index (χ4v) is 6.69. The van der Waals surface area contributed by atoms with Gasteiger partial charge in [-0.15, -0.1) is 0 Å². The Balaban J connectivity index is 1.79. The maximum atomic E-state index is 14.5. The molecule has 1 atom stereocenters. The van der Waals surface area contributed by atoms with Crippen LogP contribution in [0.5, 0.6) is 5.75 Å². The van der Waals surface area contributed by atoms with Crippen LogP contribution in [0.2, 0.25) is 0 Å². The van der Waals surface area contributed by atoms with E-state index in [0.717, 1.165) is 19.9 Å². The van der Waals surface area contributed by atoms with Crippen molar-refractivity contribution in [2.24, 2.45) is 5.92 Å². The number of methoxy groups -OCH3 is 1. The number of carbonyl (C=O) groups is 2. The lowest BCUT2D eigenvalue weighted by atomic mass is 10.0. The fourth-order valence-electron chi connectivity index (χ4n) is 4.81. The van der Waals surface area contributed by atoms with Crippen molar-refractivity contribution in [3.8, 4) is 5.75 Å². The highest BCUT2D eigenvalue weighted by Gasteiger charge is 2.34. The molecule has 0 fully saturated rings. The lowest BCUT2D eigenvalue weighted by Gasteiger charge is -2.34. The van der Waals surface area contributed by atoms with E-state index >= 15 is 0 Å². The quantitative estimate of drug-likeness (QED) is 0.173. The molecule has 4 aromatic rings. The van der Waals surface area contributed by atoms with Gasteiger partial charge in [-0.25, -0.2) is 8.42 Å². The Labute approximate surface area is 274 Å². The minimum absolute atomic E-state index is 0.0441. The summed E-state index contributed by atoms with van der Waals surface area (Å²) in [5.41, 5.74) is 1.95. The zero-order chi connectivity index (χ0) is 32.4. The Morgan fingerprint density at radius 2 is 1.47 bits per heavy atom. The summed E-state index contributed by atoms with van der Waals surface area (Å²) in [4.78, 5) is 29.9. The van der Waals surface area contributed by atoms with Gasteiger partial charge < -0.3 is 15.0 Å². The first-order valence-corrected chi connectivity index (χ1v) is 16.9. The summed E-state index contributed by atoms with van der Waals surface area (Å²) in [6.45, 7) is 3.99. The van der Waals surface area contributed by atoms with E-state index in [9.17, 15) is 18.0 Å². The van der Waals surface area contributed by atoms with Gasteiger partial charge in [0.25, 0.3) is 10.0 Å². The van der Waals surface area contributed by atoms with Gasteiger partial charge >= 0.3 is 0 Å². The van der Waals surface area contributed by atoms with Crippen molar-refractivity contribution in [3.05, 3.63) is 125 Å². The third kappa shape index (κ3) is 9.18. The summed E-state index contributed by atoms with van der Waals surface area (Å²) >= 11 is 3.50. The molecule has 0 saturated heterocycles. The predicted molar refractivity (Wildman–Crippen MR) is 180 cm³/mol. The molecule has 0 saturated carbocycles. The first kappa shape index (κ1) is 33.7. The van der Waals surface area contributed by atoms with E-state index in [1.165, 1.54) is 24.1 Å². The molecular weight excluding hydrogens is 654 g/mol. The van der Waals surface area contributed by atoms with Gasteiger partial charge in [-0.1, -0.05) is 90.4 Å². The van der Waals surface area contributed by atoms with Gasteiger partial charge in [-0.05, 0) is 65.6 Å². The van der Waals surface area contributed by atoms with Crippen LogP contribution in [0.15, 0.2) is 119 Å². The molecular formula is C35H38BrN3O5S. The van der Waals surface area contributed by atoms with Crippen LogP contribution in [-0.4, -0.2) is 51.4 Å². The topological polar surface area (TPSA) is 96.0 Å². The van der Waals surface area contributed by atoms with Gasteiger partial charge in [-0.3, -0.25) is 13.9 Å². The Kier molecular flexibility index (Phi) is 11.8. The van der Waals surface area contributed by atoms with Crippen molar-refractivity contribution in [1.82, 2.24) is 10.2 Å². The van der Waals surface area contributed by atoms with Crippen molar-refractivity contribution in [3.63, 3.8) is 0 Å². The monoisotopic (exact) mass is 691 g/mol. The van der Waals surface area contributed by atoms with Crippen molar-refractivity contribution in [2.75, 3.05) is 24.5 Å². The minimum Gasteiger partial charge on any atom is -0.497 e. The molecule has 0 aliphatic heterocycles. The number of nitrogens with one attached hydrogen (secondary N) is 1. The molecule has 0 radical (unpaired) electrons. The number of sulfonamides is 1. The van der Waals surface area contributed by atoms with E-state index in [0.29, 0.717) is 18.0 Å². The first-order valence-electron chi connectivity index (χ1n) is 14.7. The van der Waals surface area contributed by atoms with Crippen molar-refractivity contribution in [1.29, 1.82) is 0 Å². The number of carbonyl (C=O) groups excluding carboxylic acids is 2. The molecule has 8 nitrogen and oxygen atoms in total. The van der Waals surface area contributed by atoms with Crippen molar-refractivity contribution < 1.29 is 22.7 Å². The summed E-state index contributed by atoms with van der Waals surface area (Å²) in [7, 11) is -2.65. The molecule has 4 rings (SSSR count). The largest absolute Gasteiger partial charge is 0.497 e. The Bertz CT molecular complexity index is 1670. The van der Waals surface area contributed by atoms with Crippen LogP contribution in [0.3, 0.4) is 0 Å². The van der Waals surface area contributed by atoms with Crippen LogP contribution in [0, 0.1) is 5.92 Å². The second kappa shape index (κ2) is 15.7. The number of nitrogens with zero attached hydrogens (tertiary/aromatic N) is 2. The standard InChI is InChI=1S/C35H38BrN3O5S/c1-26(2)23-37-35(41)33(22-27-11-6-4-7-12-27)38(24-28-13-10-14-29(36)21-28)34(40)25-39(30-17-19-31(44-3)20-18-30)45(42,43)32-15-8-5-9-16-32/h4-21,26,33H,22-25H2,1-3H3,(H,37,41). The third-order valence-corrected chi connectivity index (χ3v) is 9.45. The number of benzene rings is 4. The molecule has 0 spiro atoms. The molecule has 10 heteroatoms. The van der Waals surface area contributed by atoms with Gasteiger partial charge in [0.1, 0.15) is 18.3 Å². The average molecular weight is 693 g/mol. The van der Waals surface area contributed by atoms with Crippen molar-refractivity contribution >= 4 is 43.5 Å². The van der Waals surface area contributed by atoms with Crippen LogP contribution < -0.4 is 14.4 Å². The molecule has 0 aromatic heterocycles. The lowest BCUT2D eigenvalue weighted by Crippen LogP contribution is -2.53. The molecule has 0 bridgehead atoms. The van der Waals surface area contributed by atoms with Gasteiger partial charge in [-0.2, -0.15) is 0 Å². The molecule has 1 N–H and O–H groups in total. The van der Waals surface area contributed by atoms with Crippen molar-refractivity contribution in [2.45, 2.75) is 37.8 Å². The zero-order valence-electron chi connectivity index (χ0n) is 25.6. The number of hydrogen-bond donors (Lipinski definition) is 1. The zero-order valence-corrected chi connectivity index (χ0v) is 28.0. The molecule has 0 heterocycles. The van der Waals surface area contributed by atoms with E-state index in [2.05, 4.69) is 21.2 Å². The fraction of sp³-hybridized carbons (Fsp3) is 0.257. The number of rotatable bonds is 14. The lowest BCUT2D eigenvalue weighted by molar-refractivity contribution is -0.140. The molecule has 236 valence electrons.